The predicted octanol–water partition coefficient (Wildman–Crippen LogP) is 3.06. The lowest BCUT2D eigenvalue weighted by atomic mass is 10.1. The highest BCUT2D eigenvalue weighted by molar-refractivity contribution is 7.98. The van der Waals surface area contributed by atoms with E-state index in [9.17, 15) is 4.79 Å². The molecule has 1 aromatic heterocycles. The quantitative estimate of drug-likeness (QED) is 0.699. The molecule has 0 spiro atoms. The molecule has 0 unspecified atom stereocenters. The predicted molar refractivity (Wildman–Crippen MR) is 94.5 cm³/mol. The molecular weight excluding hydrogens is 322 g/mol. The van der Waals surface area contributed by atoms with Gasteiger partial charge in [0.25, 0.3) is 5.56 Å². The Morgan fingerprint density at radius 3 is 2.42 bits per heavy atom. The third kappa shape index (κ3) is 4.23. The fourth-order valence-corrected chi connectivity index (χ4v) is 2.95. The minimum atomic E-state index is -0.189. The van der Waals surface area contributed by atoms with Crippen LogP contribution in [0.4, 0.5) is 0 Å². The maximum Gasteiger partial charge on any atom is 0.273 e. The molecule has 0 aliphatic rings. The zero-order valence-electron chi connectivity index (χ0n) is 13.2. The zero-order chi connectivity index (χ0) is 16.8. The zero-order valence-corrected chi connectivity index (χ0v) is 14.0. The number of thioether (sulfide) groups is 1. The Balaban J connectivity index is 1.64. The van der Waals surface area contributed by atoms with E-state index in [1.165, 1.54) is 11.8 Å². The number of hydrogen-bond acceptors (Lipinski definition) is 5. The first kappa shape index (κ1) is 16.3. The number of ether oxygens (including phenoxy) is 1. The molecule has 0 saturated heterocycles. The lowest BCUT2D eigenvalue weighted by molar-refractivity contribution is 0.414. The summed E-state index contributed by atoms with van der Waals surface area (Å²) in [6.07, 6.45) is 0.479. The van der Waals surface area contributed by atoms with Crippen molar-refractivity contribution >= 4 is 11.8 Å². The molecule has 24 heavy (non-hydrogen) atoms. The van der Waals surface area contributed by atoms with Crippen molar-refractivity contribution in [1.29, 1.82) is 0 Å². The van der Waals surface area contributed by atoms with Crippen molar-refractivity contribution in [2.75, 3.05) is 7.11 Å². The maximum atomic E-state index is 12.2. The highest BCUT2D eigenvalue weighted by Gasteiger charge is 2.07. The van der Waals surface area contributed by atoms with E-state index >= 15 is 0 Å². The average molecular weight is 339 g/mol. The summed E-state index contributed by atoms with van der Waals surface area (Å²) in [5, 5.41) is 8.72. The van der Waals surface area contributed by atoms with Crippen molar-refractivity contribution in [2.24, 2.45) is 0 Å². The van der Waals surface area contributed by atoms with Crippen LogP contribution in [0.1, 0.15) is 16.8 Å². The van der Waals surface area contributed by atoms with E-state index in [0.717, 1.165) is 16.9 Å². The summed E-state index contributed by atoms with van der Waals surface area (Å²) in [6.45, 7) is 0. The van der Waals surface area contributed by atoms with Gasteiger partial charge in [-0.3, -0.25) is 9.78 Å². The molecule has 0 amide bonds. The minimum absolute atomic E-state index is 0.189. The van der Waals surface area contributed by atoms with Gasteiger partial charge < -0.3 is 4.74 Å². The number of benzene rings is 2. The summed E-state index contributed by atoms with van der Waals surface area (Å²) < 4.78 is 5.13. The molecule has 3 rings (SSSR count). The van der Waals surface area contributed by atoms with Crippen LogP contribution in [-0.4, -0.2) is 22.3 Å². The van der Waals surface area contributed by atoms with Crippen molar-refractivity contribution in [2.45, 2.75) is 17.3 Å². The molecule has 0 aliphatic carbocycles. The van der Waals surface area contributed by atoms with Crippen LogP contribution in [0.2, 0.25) is 0 Å². The van der Waals surface area contributed by atoms with E-state index in [2.05, 4.69) is 15.2 Å². The van der Waals surface area contributed by atoms with Crippen LogP contribution in [-0.2, 0) is 12.2 Å². The van der Waals surface area contributed by atoms with Crippen LogP contribution in [0.25, 0.3) is 0 Å². The molecule has 3 aromatic rings. The van der Waals surface area contributed by atoms with E-state index in [4.69, 9.17) is 4.74 Å². The van der Waals surface area contributed by atoms with Crippen molar-refractivity contribution < 1.29 is 4.74 Å². The number of aromatic amines is 1. The molecule has 0 radical (unpaired) electrons. The number of hydrogen-bond donors (Lipinski definition) is 1. The second kappa shape index (κ2) is 7.79. The van der Waals surface area contributed by atoms with Gasteiger partial charge in [0.2, 0.25) is 0 Å². The monoisotopic (exact) mass is 339 g/mol. The van der Waals surface area contributed by atoms with Crippen LogP contribution in [0.3, 0.4) is 0 Å². The van der Waals surface area contributed by atoms with Gasteiger partial charge in [-0.15, -0.1) is 10.2 Å². The fraction of sp³-hybridized carbons (Fsp3) is 0.167. The number of methoxy groups -OCH3 is 1. The number of nitrogens with one attached hydrogen (secondary N) is 1. The van der Waals surface area contributed by atoms with Gasteiger partial charge in [0, 0.05) is 12.2 Å². The Morgan fingerprint density at radius 1 is 1.00 bits per heavy atom. The number of H-pyrrole nitrogens is 1. The van der Waals surface area contributed by atoms with Gasteiger partial charge in [-0.2, -0.15) is 0 Å². The molecule has 0 fully saturated rings. The van der Waals surface area contributed by atoms with Crippen molar-refractivity contribution in [3.8, 4) is 5.75 Å². The van der Waals surface area contributed by atoms with Gasteiger partial charge in [0.05, 0.1) is 7.11 Å². The third-order valence-corrected chi connectivity index (χ3v) is 4.43. The molecule has 5 nitrogen and oxygen atoms in total. The largest absolute Gasteiger partial charge is 0.497 e. The Hall–Kier alpha value is -2.60. The number of nitrogens with zero attached hydrogens (tertiary/aromatic N) is 2. The first-order valence-corrected chi connectivity index (χ1v) is 8.48. The molecule has 0 atom stereocenters. The van der Waals surface area contributed by atoms with E-state index in [1.54, 1.807) is 7.11 Å². The highest BCUT2D eigenvalue weighted by Crippen LogP contribution is 2.20. The van der Waals surface area contributed by atoms with Crippen molar-refractivity contribution in [3.05, 3.63) is 81.8 Å². The normalized spacial score (nSPS) is 10.5. The maximum absolute atomic E-state index is 12.2. The van der Waals surface area contributed by atoms with Crippen LogP contribution >= 0.6 is 11.8 Å². The smallest absolute Gasteiger partial charge is 0.273 e. The Labute approximate surface area is 144 Å². The first-order valence-electron chi connectivity index (χ1n) is 7.50. The summed E-state index contributed by atoms with van der Waals surface area (Å²) >= 11 is 1.45. The van der Waals surface area contributed by atoms with Gasteiger partial charge in [-0.05, 0) is 23.3 Å². The second-order valence-corrected chi connectivity index (χ2v) is 6.17. The van der Waals surface area contributed by atoms with Gasteiger partial charge in [0.1, 0.15) is 11.4 Å². The number of rotatable bonds is 6. The summed E-state index contributed by atoms with van der Waals surface area (Å²) in [4.78, 5) is 14.9. The Bertz CT molecular complexity index is 848. The third-order valence-electron chi connectivity index (χ3n) is 3.49. The molecule has 0 bridgehead atoms. The SMILES string of the molecule is COc1ccc(CSc2nnc(Cc3ccccc3)c(=O)[nH]2)cc1. The first-order chi connectivity index (χ1) is 11.7. The summed E-state index contributed by atoms with van der Waals surface area (Å²) in [5.41, 5.74) is 2.40. The van der Waals surface area contributed by atoms with Crippen LogP contribution in [0.5, 0.6) is 5.75 Å². The molecule has 2 aromatic carbocycles. The Kier molecular flexibility index (Phi) is 5.28. The molecule has 122 valence electrons. The van der Waals surface area contributed by atoms with Gasteiger partial charge in [0.15, 0.2) is 5.16 Å². The second-order valence-electron chi connectivity index (χ2n) is 5.21. The van der Waals surface area contributed by atoms with Gasteiger partial charge >= 0.3 is 0 Å². The van der Waals surface area contributed by atoms with Gasteiger partial charge in [-0.25, -0.2) is 0 Å². The minimum Gasteiger partial charge on any atom is -0.497 e. The van der Waals surface area contributed by atoms with E-state index < -0.39 is 0 Å². The Morgan fingerprint density at radius 2 is 1.75 bits per heavy atom. The van der Waals surface area contributed by atoms with Crippen LogP contribution < -0.4 is 10.3 Å². The molecular formula is C18H17N3O2S. The summed E-state index contributed by atoms with van der Waals surface area (Å²) in [6, 6.07) is 17.5. The molecule has 0 aliphatic heterocycles. The van der Waals surface area contributed by atoms with Crippen molar-refractivity contribution in [1.82, 2.24) is 15.2 Å². The number of aromatic nitrogens is 3. The van der Waals surface area contributed by atoms with E-state index in [0.29, 0.717) is 23.0 Å². The summed E-state index contributed by atoms with van der Waals surface area (Å²) in [7, 11) is 1.64. The summed E-state index contributed by atoms with van der Waals surface area (Å²) in [5.74, 6) is 1.52. The molecule has 1 heterocycles. The molecule has 6 heteroatoms. The molecule has 1 N–H and O–H groups in total. The molecule has 0 saturated carbocycles. The van der Waals surface area contributed by atoms with Crippen molar-refractivity contribution in [3.63, 3.8) is 0 Å². The standard InChI is InChI=1S/C18H17N3O2S/c1-23-15-9-7-14(8-10-15)12-24-18-19-17(22)16(20-21-18)11-13-5-3-2-4-6-13/h2-10H,11-12H2,1H3,(H,19,21,22). The van der Waals surface area contributed by atoms with E-state index in [1.807, 2.05) is 54.6 Å². The average Bonchev–Trinajstić information content (AvgIpc) is 2.63. The topological polar surface area (TPSA) is 67.9 Å². The van der Waals surface area contributed by atoms with Crippen LogP contribution in [0.15, 0.2) is 64.5 Å². The highest BCUT2D eigenvalue weighted by atomic mass is 32.2. The lowest BCUT2D eigenvalue weighted by Gasteiger charge is -2.04. The lowest BCUT2D eigenvalue weighted by Crippen LogP contribution is -2.17. The van der Waals surface area contributed by atoms with E-state index in [-0.39, 0.29) is 5.56 Å². The van der Waals surface area contributed by atoms with Gasteiger partial charge in [-0.1, -0.05) is 54.2 Å². The fourth-order valence-electron chi connectivity index (χ4n) is 2.19. The van der Waals surface area contributed by atoms with Crippen LogP contribution in [0, 0.1) is 0 Å².